The first-order valence-corrected chi connectivity index (χ1v) is 6.68. The van der Waals surface area contributed by atoms with E-state index in [4.69, 9.17) is 9.52 Å². The van der Waals surface area contributed by atoms with Crippen molar-refractivity contribution in [2.75, 3.05) is 7.05 Å². The number of carbonyl (C=O) groups excluding carboxylic acids is 1. The molecule has 0 bridgehead atoms. The van der Waals surface area contributed by atoms with Gasteiger partial charge in [0.25, 0.3) is 0 Å². The molecule has 0 fully saturated rings. The van der Waals surface area contributed by atoms with Gasteiger partial charge >= 0.3 is 12.0 Å². The molecule has 0 aliphatic heterocycles. The van der Waals surface area contributed by atoms with Crippen molar-refractivity contribution >= 4 is 23.3 Å². The van der Waals surface area contributed by atoms with Crippen LogP contribution in [0.5, 0.6) is 0 Å². The van der Waals surface area contributed by atoms with E-state index < -0.39 is 5.97 Å². The molecule has 0 aromatic carbocycles. The van der Waals surface area contributed by atoms with Crippen molar-refractivity contribution in [3.63, 3.8) is 0 Å². The molecule has 106 valence electrons. The van der Waals surface area contributed by atoms with Crippen LogP contribution in [-0.2, 0) is 13.1 Å². The zero-order chi connectivity index (χ0) is 14.5. The summed E-state index contributed by atoms with van der Waals surface area (Å²) in [5.41, 5.74) is 2.52. The lowest BCUT2D eigenvalue weighted by Crippen LogP contribution is -2.36. The average Bonchev–Trinajstić information content (AvgIpc) is 3.06. The monoisotopic (exact) mass is 295 g/mol. The van der Waals surface area contributed by atoms with Crippen LogP contribution < -0.4 is 5.32 Å². The van der Waals surface area contributed by atoms with E-state index in [1.807, 2.05) is 5.38 Å². The average molecular weight is 295 g/mol. The minimum absolute atomic E-state index is 0.132. The van der Waals surface area contributed by atoms with Crippen molar-refractivity contribution in [3.05, 3.63) is 40.2 Å². The Kier molecular flexibility index (Phi) is 4.36. The number of hydrogen-bond acceptors (Lipinski definition) is 5. The van der Waals surface area contributed by atoms with Crippen molar-refractivity contribution in [2.45, 2.75) is 13.1 Å². The number of hydrogen-bond donors (Lipinski definition) is 2. The summed E-state index contributed by atoms with van der Waals surface area (Å²) in [5.74, 6) is -0.897. The fourth-order valence-corrected chi connectivity index (χ4v) is 2.07. The van der Waals surface area contributed by atoms with E-state index in [9.17, 15) is 9.59 Å². The number of carbonyl (C=O) groups is 2. The normalized spacial score (nSPS) is 10.2. The molecule has 0 atom stereocenters. The van der Waals surface area contributed by atoms with Crippen LogP contribution in [0.25, 0.3) is 0 Å². The Morgan fingerprint density at radius 2 is 2.30 bits per heavy atom. The van der Waals surface area contributed by atoms with E-state index in [0.717, 1.165) is 5.69 Å². The highest BCUT2D eigenvalue weighted by molar-refractivity contribution is 7.07. The van der Waals surface area contributed by atoms with Gasteiger partial charge in [0, 0.05) is 12.4 Å². The van der Waals surface area contributed by atoms with Gasteiger partial charge < -0.3 is 19.7 Å². The van der Waals surface area contributed by atoms with Gasteiger partial charge in [0.15, 0.2) is 0 Å². The molecule has 8 heteroatoms. The van der Waals surface area contributed by atoms with Gasteiger partial charge in [-0.1, -0.05) is 0 Å². The molecule has 0 spiro atoms. The maximum absolute atomic E-state index is 11.8. The molecule has 0 aliphatic carbocycles. The number of urea groups is 1. The quantitative estimate of drug-likeness (QED) is 0.876. The van der Waals surface area contributed by atoms with Crippen molar-refractivity contribution < 1.29 is 19.1 Å². The summed E-state index contributed by atoms with van der Waals surface area (Å²) in [4.78, 5) is 28.0. The molecule has 0 saturated carbocycles. The van der Waals surface area contributed by atoms with Crippen LogP contribution in [0.1, 0.15) is 22.0 Å². The Bertz CT molecular complexity index is 594. The lowest BCUT2D eigenvalue weighted by Gasteiger charge is -2.16. The highest BCUT2D eigenvalue weighted by Gasteiger charge is 2.12. The minimum Gasteiger partial charge on any atom is -0.475 e. The summed E-state index contributed by atoms with van der Waals surface area (Å²) in [6.07, 6.45) is 0. The Labute approximate surface area is 118 Å². The van der Waals surface area contributed by atoms with E-state index in [2.05, 4.69) is 10.3 Å². The number of aromatic nitrogens is 1. The van der Waals surface area contributed by atoms with Crippen molar-refractivity contribution in [3.8, 4) is 0 Å². The van der Waals surface area contributed by atoms with Crippen LogP contribution in [0.2, 0.25) is 0 Å². The van der Waals surface area contributed by atoms with Gasteiger partial charge in [-0.05, 0) is 12.1 Å². The van der Waals surface area contributed by atoms with Crippen LogP contribution >= 0.6 is 11.3 Å². The second kappa shape index (κ2) is 6.20. The molecular weight excluding hydrogens is 282 g/mol. The zero-order valence-corrected chi connectivity index (χ0v) is 11.5. The van der Waals surface area contributed by atoms with Gasteiger partial charge in [0.05, 0.1) is 24.3 Å². The van der Waals surface area contributed by atoms with Crippen molar-refractivity contribution in [2.24, 2.45) is 0 Å². The summed E-state index contributed by atoms with van der Waals surface area (Å²) in [6, 6.07) is 2.58. The van der Waals surface area contributed by atoms with Gasteiger partial charge in [-0.25, -0.2) is 14.6 Å². The van der Waals surface area contributed by atoms with E-state index in [1.165, 1.54) is 28.4 Å². The molecule has 2 amide bonds. The third-order valence-corrected chi connectivity index (χ3v) is 3.15. The molecular formula is C12H13N3O4S. The molecule has 0 saturated heterocycles. The standard InChI is InChI=1S/C12H13N3O4S/c1-15(5-8-6-20-7-14-8)12(18)13-4-9-2-3-10(19-9)11(16)17/h2-3,6-7H,4-5H2,1H3,(H,13,18)(H,16,17). The van der Waals surface area contributed by atoms with E-state index in [1.54, 1.807) is 12.6 Å². The van der Waals surface area contributed by atoms with Gasteiger partial charge in [-0.3, -0.25) is 0 Å². The van der Waals surface area contributed by atoms with Crippen molar-refractivity contribution in [1.82, 2.24) is 15.2 Å². The van der Waals surface area contributed by atoms with E-state index in [0.29, 0.717) is 12.3 Å². The Hall–Kier alpha value is -2.35. The predicted octanol–water partition coefficient (Wildman–Crippen LogP) is 1.78. The minimum atomic E-state index is -1.14. The number of nitrogens with zero attached hydrogens (tertiary/aromatic N) is 2. The topological polar surface area (TPSA) is 95.7 Å². The number of rotatable bonds is 5. The number of carboxylic acid groups (broad SMARTS) is 1. The Morgan fingerprint density at radius 3 is 2.90 bits per heavy atom. The van der Waals surface area contributed by atoms with Gasteiger partial charge in [0.2, 0.25) is 5.76 Å². The smallest absolute Gasteiger partial charge is 0.371 e. The summed E-state index contributed by atoms with van der Waals surface area (Å²) in [5, 5.41) is 13.2. The van der Waals surface area contributed by atoms with Gasteiger partial charge in [-0.2, -0.15) is 0 Å². The van der Waals surface area contributed by atoms with Crippen LogP contribution in [0.4, 0.5) is 4.79 Å². The van der Waals surface area contributed by atoms with Crippen LogP contribution in [0, 0.1) is 0 Å². The Balaban J connectivity index is 1.83. The van der Waals surface area contributed by atoms with Gasteiger partial charge in [-0.15, -0.1) is 11.3 Å². The zero-order valence-electron chi connectivity index (χ0n) is 10.7. The Morgan fingerprint density at radius 1 is 1.50 bits per heavy atom. The fraction of sp³-hybridized carbons (Fsp3) is 0.250. The molecule has 2 rings (SSSR count). The largest absolute Gasteiger partial charge is 0.475 e. The summed E-state index contributed by atoms with van der Waals surface area (Å²) < 4.78 is 5.04. The van der Waals surface area contributed by atoms with Crippen LogP contribution in [0.15, 0.2) is 27.4 Å². The van der Waals surface area contributed by atoms with E-state index >= 15 is 0 Å². The molecule has 0 aliphatic rings. The molecule has 2 heterocycles. The first-order chi connectivity index (χ1) is 9.56. The number of amides is 2. The molecule has 2 aromatic heterocycles. The van der Waals surface area contributed by atoms with Gasteiger partial charge in [0.1, 0.15) is 5.76 Å². The molecule has 0 unspecified atom stereocenters. The third-order valence-electron chi connectivity index (χ3n) is 2.52. The van der Waals surface area contributed by atoms with Crippen molar-refractivity contribution in [1.29, 1.82) is 0 Å². The number of carboxylic acids is 1. The molecule has 2 N–H and O–H groups in total. The highest BCUT2D eigenvalue weighted by Crippen LogP contribution is 2.08. The predicted molar refractivity (Wildman–Crippen MR) is 71.5 cm³/mol. The second-order valence-electron chi connectivity index (χ2n) is 4.07. The first-order valence-electron chi connectivity index (χ1n) is 5.74. The lowest BCUT2D eigenvalue weighted by molar-refractivity contribution is 0.0660. The lowest BCUT2D eigenvalue weighted by atomic mass is 10.4. The highest BCUT2D eigenvalue weighted by atomic mass is 32.1. The number of furan rings is 1. The first kappa shape index (κ1) is 14.1. The van der Waals surface area contributed by atoms with E-state index in [-0.39, 0.29) is 18.3 Å². The number of aromatic carboxylic acids is 1. The second-order valence-corrected chi connectivity index (χ2v) is 4.78. The number of nitrogens with one attached hydrogen (secondary N) is 1. The third kappa shape index (κ3) is 3.58. The summed E-state index contributed by atoms with van der Waals surface area (Å²) >= 11 is 1.47. The maximum atomic E-state index is 11.8. The summed E-state index contributed by atoms with van der Waals surface area (Å²) in [7, 11) is 1.65. The number of thiazole rings is 1. The van der Waals surface area contributed by atoms with Crippen LogP contribution in [-0.4, -0.2) is 34.0 Å². The fourth-order valence-electron chi connectivity index (χ4n) is 1.52. The molecule has 2 aromatic rings. The summed E-state index contributed by atoms with van der Waals surface area (Å²) in [6.45, 7) is 0.543. The van der Waals surface area contributed by atoms with Crippen LogP contribution in [0.3, 0.4) is 0 Å². The molecule has 20 heavy (non-hydrogen) atoms. The molecule has 0 radical (unpaired) electrons. The SMILES string of the molecule is CN(Cc1cscn1)C(=O)NCc1ccc(C(=O)O)o1. The maximum Gasteiger partial charge on any atom is 0.371 e. The molecule has 7 nitrogen and oxygen atoms in total.